The Morgan fingerprint density at radius 1 is 1.15 bits per heavy atom. The van der Waals surface area contributed by atoms with Gasteiger partial charge in [0.2, 0.25) is 0 Å². The van der Waals surface area contributed by atoms with Crippen molar-refractivity contribution in [2.24, 2.45) is 11.3 Å². The van der Waals surface area contributed by atoms with E-state index in [4.69, 9.17) is 0 Å². The summed E-state index contributed by atoms with van der Waals surface area (Å²) in [5.74, 6) is 1.05. The number of benzene rings is 1. The highest BCUT2D eigenvalue weighted by atomic mass is 16.1. The molecule has 108 valence electrons. The Kier molecular flexibility index (Phi) is 2.90. The summed E-state index contributed by atoms with van der Waals surface area (Å²) in [5, 5.41) is 0. The van der Waals surface area contributed by atoms with Gasteiger partial charge in [-0.15, -0.1) is 0 Å². The third-order valence-corrected chi connectivity index (χ3v) is 5.79. The van der Waals surface area contributed by atoms with Gasteiger partial charge in [0.15, 0.2) is 5.78 Å². The van der Waals surface area contributed by atoms with Crippen molar-refractivity contribution in [2.45, 2.75) is 65.2 Å². The van der Waals surface area contributed by atoms with Crippen molar-refractivity contribution < 1.29 is 4.79 Å². The summed E-state index contributed by atoms with van der Waals surface area (Å²) >= 11 is 0. The summed E-state index contributed by atoms with van der Waals surface area (Å²) in [7, 11) is 0. The zero-order chi connectivity index (χ0) is 14.7. The van der Waals surface area contributed by atoms with Gasteiger partial charge in [-0.2, -0.15) is 0 Å². The van der Waals surface area contributed by atoms with Crippen molar-refractivity contribution in [3.8, 4) is 0 Å². The molecule has 0 aromatic heterocycles. The predicted molar refractivity (Wildman–Crippen MR) is 83.3 cm³/mol. The maximum Gasteiger partial charge on any atom is 0.167 e. The first-order valence-electron chi connectivity index (χ1n) is 7.96. The van der Waals surface area contributed by atoms with E-state index < -0.39 is 0 Å². The Morgan fingerprint density at radius 3 is 2.50 bits per heavy atom. The number of carbonyl (C=O) groups excluding carboxylic acids is 1. The van der Waals surface area contributed by atoms with E-state index in [1.165, 1.54) is 24.0 Å². The Labute approximate surface area is 122 Å². The van der Waals surface area contributed by atoms with E-state index in [1.54, 1.807) is 0 Å². The molecule has 0 saturated heterocycles. The lowest BCUT2D eigenvalue weighted by Gasteiger charge is -2.46. The van der Waals surface area contributed by atoms with Gasteiger partial charge in [0.1, 0.15) is 0 Å². The highest BCUT2D eigenvalue weighted by Gasteiger charge is 2.56. The van der Waals surface area contributed by atoms with Crippen LogP contribution in [0.1, 0.15) is 81.3 Å². The molecule has 1 aromatic rings. The van der Waals surface area contributed by atoms with Crippen LogP contribution in [-0.2, 0) is 5.41 Å². The Morgan fingerprint density at radius 2 is 1.85 bits per heavy atom. The minimum atomic E-state index is 0.0592. The molecule has 1 aromatic carbocycles. The van der Waals surface area contributed by atoms with E-state index >= 15 is 0 Å². The van der Waals surface area contributed by atoms with Gasteiger partial charge in [-0.25, -0.2) is 0 Å². The summed E-state index contributed by atoms with van der Waals surface area (Å²) in [6.45, 7) is 11.3. The fourth-order valence-corrected chi connectivity index (χ4v) is 4.78. The van der Waals surface area contributed by atoms with Crippen LogP contribution >= 0.6 is 0 Å². The van der Waals surface area contributed by atoms with Crippen molar-refractivity contribution in [2.75, 3.05) is 0 Å². The normalized spacial score (nSPS) is 31.3. The van der Waals surface area contributed by atoms with E-state index in [0.717, 1.165) is 12.0 Å². The van der Waals surface area contributed by atoms with Crippen LogP contribution in [-0.4, -0.2) is 5.78 Å². The lowest BCUT2D eigenvalue weighted by molar-refractivity contribution is 0.0500. The molecule has 0 N–H and O–H groups in total. The van der Waals surface area contributed by atoms with Crippen LogP contribution < -0.4 is 0 Å². The van der Waals surface area contributed by atoms with Gasteiger partial charge < -0.3 is 0 Å². The summed E-state index contributed by atoms with van der Waals surface area (Å²) in [5.41, 5.74) is 3.80. The molecule has 0 spiro atoms. The summed E-state index contributed by atoms with van der Waals surface area (Å²) in [6.07, 6.45) is 3.56. The third-order valence-electron chi connectivity index (χ3n) is 5.79. The molecule has 0 amide bonds. The fraction of sp³-hybridized carbons (Fsp3) is 0.632. The molecule has 1 nitrogen and oxygen atoms in total. The molecule has 2 aliphatic carbocycles. The Bertz CT molecular complexity index is 567. The molecule has 0 radical (unpaired) electrons. The van der Waals surface area contributed by atoms with E-state index in [2.05, 4.69) is 52.8 Å². The maximum absolute atomic E-state index is 13.0. The lowest BCUT2D eigenvalue weighted by Crippen LogP contribution is -2.44. The standard InChI is InChI=1S/C19H26O/c1-12(2)13-7-8-15-14(11-13)16(20)17-18(3,4)9-6-10-19(15,17)5/h7-8,11-12,17H,6,9-10H2,1-5H3/t17-,19-/m1/s1. The molecule has 1 saturated carbocycles. The molecule has 0 unspecified atom stereocenters. The summed E-state index contributed by atoms with van der Waals surface area (Å²) in [6, 6.07) is 6.64. The van der Waals surface area contributed by atoms with Crippen molar-refractivity contribution in [1.82, 2.24) is 0 Å². The molecule has 0 bridgehead atoms. The van der Waals surface area contributed by atoms with Gasteiger partial charge in [-0.1, -0.05) is 53.2 Å². The number of ketones is 1. The van der Waals surface area contributed by atoms with Crippen molar-refractivity contribution in [3.05, 3.63) is 34.9 Å². The zero-order valence-corrected chi connectivity index (χ0v) is 13.4. The van der Waals surface area contributed by atoms with Crippen LogP contribution in [0.15, 0.2) is 18.2 Å². The average Bonchev–Trinajstić information content (AvgIpc) is 2.58. The van der Waals surface area contributed by atoms with Gasteiger partial charge in [-0.05, 0) is 41.4 Å². The highest BCUT2D eigenvalue weighted by molar-refractivity contribution is 6.04. The Hall–Kier alpha value is -1.11. The third kappa shape index (κ3) is 1.71. The molecule has 3 rings (SSSR count). The molecule has 0 heterocycles. The molecular formula is C19H26O. The Balaban J connectivity index is 2.17. The first-order valence-corrected chi connectivity index (χ1v) is 7.96. The minimum Gasteiger partial charge on any atom is -0.294 e. The average molecular weight is 270 g/mol. The predicted octanol–water partition coefficient (Wildman–Crippen LogP) is 5.09. The molecular weight excluding hydrogens is 244 g/mol. The van der Waals surface area contributed by atoms with E-state index in [9.17, 15) is 4.79 Å². The maximum atomic E-state index is 13.0. The summed E-state index contributed by atoms with van der Waals surface area (Å²) in [4.78, 5) is 13.0. The van der Waals surface area contributed by atoms with Gasteiger partial charge in [0, 0.05) is 16.9 Å². The second kappa shape index (κ2) is 4.19. The summed E-state index contributed by atoms with van der Waals surface area (Å²) < 4.78 is 0. The van der Waals surface area contributed by atoms with Gasteiger partial charge in [-0.3, -0.25) is 4.79 Å². The van der Waals surface area contributed by atoms with E-state index in [-0.39, 0.29) is 16.7 Å². The first-order chi connectivity index (χ1) is 9.27. The molecule has 1 fully saturated rings. The smallest absolute Gasteiger partial charge is 0.167 e. The van der Waals surface area contributed by atoms with Crippen LogP contribution in [0.4, 0.5) is 0 Å². The lowest BCUT2D eigenvalue weighted by atomic mass is 9.56. The first kappa shape index (κ1) is 13.9. The topological polar surface area (TPSA) is 17.1 Å². The van der Waals surface area contributed by atoms with Crippen molar-refractivity contribution >= 4 is 5.78 Å². The van der Waals surface area contributed by atoms with E-state index in [1.807, 2.05) is 0 Å². The minimum absolute atomic E-state index is 0.0592. The largest absolute Gasteiger partial charge is 0.294 e. The fourth-order valence-electron chi connectivity index (χ4n) is 4.78. The van der Waals surface area contributed by atoms with Gasteiger partial charge in [0.25, 0.3) is 0 Å². The second-order valence-electron chi connectivity index (χ2n) is 8.02. The number of hydrogen-bond donors (Lipinski definition) is 0. The molecule has 0 aliphatic heterocycles. The van der Waals surface area contributed by atoms with Crippen LogP contribution in [0.25, 0.3) is 0 Å². The molecule has 2 aliphatic rings. The molecule has 1 heteroatoms. The van der Waals surface area contributed by atoms with Gasteiger partial charge >= 0.3 is 0 Å². The highest BCUT2D eigenvalue weighted by Crippen LogP contribution is 2.58. The number of carbonyl (C=O) groups is 1. The van der Waals surface area contributed by atoms with Crippen LogP contribution in [0.5, 0.6) is 0 Å². The van der Waals surface area contributed by atoms with Gasteiger partial charge in [0.05, 0.1) is 0 Å². The number of Topliss-reactive ketones (excluding diaryl/α,β-unsaturated/α-hetero) is 1. The quantitative estimate of drug-likeness (QED) is 0.694. The van der Waals surface area contributed by atoms with Crippen LogP contribution in [0.3, 0.4) is 0 Å². The number of rotatable bonds is 1. The van der Waals surface area contributed by atoms with Crippen molar-refractivity contribution in [3.63, 3.8) is 0 Å². The number of fused-ring (bicyclic) bond motifs is 3. The van der Waals surface area contributed by atoms with E-state index in [0.29, 0.717) is 11.7 Å². The van der Waals surface area contributed by atoms with Crippen LogP contribution in [0.2, 0.25) is 0 Å². The van der Waals surface area contributed by atoms with Crippen molar-refractivity contribution in [1.29, 1.82) is 0 Å². The number of hydrogen-bond acceptors (Lipinski definition) is 1. The zero-order valence-electron chi connectivity index (χ0n) is 13.4. The van der Waals surface area contributed by atoms with Crippen LogP contribution in [0, 0.1) is 11.3 Å². The monoisotopic (exact) mass is 270 g/mol. The molecule has 2 atom stereocenters. The molecule has 20 heavy (non-hydrogen) atoms. The SMILES string of the molecule is CC(C)c1ccc2c(c1)C(=O)[C@@H]1C(C)(C)CCC[C@]21C. The second-order valence-corrected chi connectivity index (χ2v) is 8.02.